The van der Waals surface area contributed by atoms with Crippen molar-refractivity contribution < 1.29 is 19.1 Å². The van der Waals surface area contributed by atoms with Crippen LogP contribution in [0.2, 0.25) is 0 Å². The number of rotatable bonds is 10. The summed E-state index contributed by atoms with van der Waals surface area (Å²) < 4.78 is 5.20. The van der Waals surface area contributed by atoms with Gasteiger partial charge in [-0.3, -0.25) is 9.59 Å². The molecule has 0 bridgehead atoms. The van der Waals surface area contributed by atoms with Gasteiger partial charge in [-0.15, -0.1) is 6.58 Å². The number of hydrogen-bond donors (Lipinski definition) is 2. The van der Waals surface area contributed by atoms with Crippen molar-refractivity contribution in [2.24, 2.45) is 0 Å². The molecule has 1 rings (SSSR count). The zero-order valence-corrected chi connectivity index (χ0v) is 19.7. The van der Waals surface area contributed by atoms with E-state index in [1.807, 2.05) is 39.0 Å². The van der Waals surface area contributed by atoms with E-state index in [0.29, 0.717) is 6.54 Å². The Morgan fingerprint density at radius 3 is 2.29 bits per heavy atom. The summed E-state index contributed by atoms with van der Waals surface area (Å²) in [5.74, 6) is -0.651. The number of carbonyl (C=O) groups excluding carboxylic acids is 3. The molecule has 2 N–H and O–H groups in total. The predicted molar refractivity (Wildman–Crippen MR) is 123 cm³/mol. The lowest BCUT2D eigenvalue weighted by Gasteiger charge is -2.32. The molecule has 1 aromatic carbocycles. The Balaban J connectivity index is 3.20. The number of unbranched alkanes of at least 4 members (excludes halogenated alkanes) is 1. The molecule has 0 aliphatic rings. The molecule has 0 saturated heterocycles. The van der Waals surface area contributed by atoms with Crippen LogP contribution in [-0.2, 0) is 14.3 Å². The Morgan fingerprint density at radius 2 is 1.77 bits per heavy atom. The lowest BCUT2D eigenvalue weighted by atomic mass is 9.94. The minimum atomic E-state index is -0.830. The van der Waals surface area contributed by atoms with E-state index in [0.717, 1.165) is 29.5 Å². The first-order valence-electron chi connectivity index (χ1n) is 10.7. The molecule has 0 heterocycles. The molecule has 31 heavy (non-hydrogen) atoms. The number of alkyl carbamates (subject to hydrolysis) is 1. The van der Waals surface area contributed by atoms with E-state index in [9.17, 15) is 14.4 Å². The number of carbonyl (C=O) groups is 3. The second kappa shape index (κ2) is 12.1. The molecule has 1 atom stereocenters. The Hall–Kier alpha value is -2.83. The van der Waals surface area contributed by atoms with Gasteiger partial charge in [0.2, 0.25) is 11.8 Å². The smallest absolute Gasteiger partial charge is 0.408 e. The third kappa shape index (κ3) is 8.44. The van der Waals surface area contributed by atoms with Crippen LogP contribution in [0.15, 0.2) is 30.9 Å². The Kier molecular flexibility index (Phi) is 10.3. The maximum Gasteiger partial charge on any atom is 0.408 e. The number of nitrogens with one attached hydrogen (secondary N) is 2. The van der Waals surface area contributed by atoms with Crippen LogP contribution >= 0.6 is 0 Å². The minimum Gasteiger partial charge on any atom is -0.444 e. The maximum absolute atomic E-state index is 13.2. The van der Waals surface area contributed by atoms with Crippen molar-refractivity contribution in [1.29, 1.82) is 0 Å². The molecule has 0 aliphatic heterocycles. The van der Waals surface area contributed by atoms with Crippen LogP contribution in [-0.4, -0.2) is 48.0 Å². The fraction of sp³-hybridized carbons (Fsp3) is 0.542. The SMILES string of the molecule is C=CCN(C(=O)CNC(=O)OC(C)(C)C)C(C(=O)NCCCC)c1c(C)cccc1C. The maximum atomic E-state index is 13.2. The van der Waals surface area contributed by atoms with Gasteiger partial charge < -0.3 is 20.3 Å². The van der Waals surface area contributed by atoms with Crippen LogP contribution in [0, 0.1) is 13.8 Å². The summed E-state index contributed by atoms with van der Waals surface area (Å²) in [5, 5.41) is 5.43. The van der Waals surface area contributed by atoms with E-state index in [1.165, 1.54) is 4.90 Å². The van der Waals surface area contributed by atoms with Crippen LogP contribution < -0.4 is 10.6 Å². The van der Waals surface area contributed by atoms with Gasteiger partial charge >= 0.3 is 6.09 Å². The van der Waals surface area contributed by atoms with Crippen molar-refractivity contribution in [1.82, 2.24) is 15.5 Å². The van der Waals surface area contributed by atoms with Gasteiger partial charge in [-0.25, -0.2) is 4.79 Å². The molecule has 0 saturated carbocycles. The van der Waals surface area contributed by atoms with E-state index < -0.39 is 23.6 Å². The van der Waals surface area contributed by atoms with Crippen LogP contribution in [0.25, 0.3) is 0 Å². The van der Waals surface area contributed by atoms with Gasteiger partial charge in [0.05, 0.1) is 0 Å². The molecule has 0 radical (unpaired) electrons. The van der Waals surface area contributed by atoms with Crippen molar-refractivity contribution in [3.63, 3.8) is 0 Å². The van der Waals surface area contributed by atoms with Crippen molar-refractivity contribution in [2.75, 3.05) is 19.6 Å². The molecule has 7 nitrogen and oxygen atoms in total. The Bertz CT molecular complexity index is 763. The molecule has 1 unspecified atom stereocenters. The summed E-state index contributed by atoms with van der Waals surface area (Å²) in [5.41, 5.74) is 1.94. The van der Waals surface area contributed by atoms with E-state index in [-0.39, 0.29) is 19.0 Å². The van der Waals surface area contributed by atoms with E-state index in [4.69, 9.17) is 4.74 Å². The second-order valence-corrected chi connectivity index (χ2v) is 8.54. The number of nitrogens with zero attached hydrogens (tertiary/aromatic N) is 1. The fourth-order valence-corrected chi connectivity index (χ4v) is 3.23. The monoisotopic (exact) mass is 431 g/mol. The molecule has 1 aromatic rings. The van der Waals surface area contributed by atoms with E-state index >= 15 is 0 Å². The summed E-state index contributed by atoms with van der Waals surface area (Å²) in [4.78, 5) is 39.8. The molecule has 0 aliphatic carbocycles. The summed E-state index contributed by atoms with van der Waals surface area (Å²) in [6, 6.07) is 4.93. The lowest BCUT2D eigenvalue weighted by Crippen LogP contribution is -2.48. The summed E-state index contributed by atoms with van der Waals surface area (Å²) in [6.45, 7) is 15.3. The van der Waals surface area contributed by atoms with E-state index in [1.54, 1.807) is 26.8 Å². The topological polar surface area (TPSA) is 87.7 Å². The average Bonchev–Trinajstić information content (AvgIpc) is 2.66. The fourth-order valence-electron chi connectivity index (χ4n) is 3.23. The number of benzene rings is 1. The molecule has 0 spiro atoms. The minimum absolute atomic E-state index is 0.161. The number of ether oxygens (including phenoxy) is 1. The summed E-state index contributed by atoms with van der Waals surface area (Å²) in [7, 11) is 0. The first kappa shape index (κ1) is 26.2. The molecule has 7 heteroatoms. The normalized spacial score (nSPS) is 11.9. The average molecular weight is 432 g/mol. The van der Waals surface area contributed by atoms with E-state index in [2.05, 4.69) is 17.2 Å². The van der Waals surface area contributed by atoms with Gasteiger partial charge in [0.1, 0.15) is 18.2 Å². The predicted octanol–water partition coefficient (Wildman–Crippen LogP) is 3.80. The Morgan fingerprint density at radius 1 is 1.16 bits per heavy atom. The largest absolute Gasteiger partial charge is 0.444 e. The molecule has 3 amide bonds. The van der Waals surface area contributed by atoms with Crippen LogP contribution in [0.5, 0.6) is 0 Å². The summed E-state index contributed by atoms with van der Waals surface area (Å²) >= 11 is 0. The molecular formula is C24H37N3O4. The van der Waals surface area contributed by atoms with Gasteiger partial charge in [-0.2, -0.15) is 0 Å². The first-order chi connectivity index (χ1) is 14.5. The highest BCUT2D eigenvalue weighted by atomic mass is 16.6. The summed E-state index contributed by atoms with van der Waals surface area (Å²) in [6.07, 6.45) is 2.69. The number of hydrogen-bond acceptors (Lipinski definition) is 4. The van der Waals surface area contributed by atoms with Gasteiger partial charge in [-0.05, 0) is 57.7 Å². The van der Waals surface area contributed by atoms with Crippen molar-refractivity contribution in [3.8, 4) is 0 Å². The highest BCUT2D eigenvalue weighted by Gasteiger charge is 2.33. The zero-order chi connectivity index (χ0) is 23.6. The first-order valence-corrected chi connectivity index (χ1v) is 10.7. The van der Waals surface area contributed by atoms with Crippen LogP contribution in [0.4, 0.5) is 4.79 Å². The Labute approximate surface area is 186 Å². The van der Waals surface area contributed by atoms with Gasteiger partial charge in [0.25, 0.3) is 0 Å². The standard InChI is InChI=1S/C24H37N3O4/c1-8-10-14-25-22(29)21(20-17(3)12-11-13-18(20)4)27(15-9-2)19(28)16-26-23(30)31-24(5,6)7/h9,11-13,21H,2,8,10,14-16H2,1,3-7H3,(H,25,29)(H,26,30). The lowest BCUT2D eigenvalue weighted by molar-refractivity contribution is -0.139. The zero-order valence-electron chi connectivity index (χ0n) is 19.7. The third-order valence-corrected chi connectivity index (χ3v) is 4.63. The third-order valence-electron chi connectivity index (χ3n) is 4.63. The molecule has 0 fully saturated rings. The number of amides is 3. The van der Waals surface area contributed by atoms with Crippen LogP contribution in [0.3, 0.4) is 0 Å². The van der Waals surface area contributed by atoms with Crippen molar-refractivity contribution in [3.05, 3.63) is 47.5 Å². The highest BCUT2D eigenvalue weighted by Crippen LogP contribution is 2.28. The van der Waals surface area contributed by atoms with Gasteiger partial charge in [0, 0.05) is 13.1 Å². The van der Waals surface area contributed by atoms with Crippen molar-refractivity contribution >= 4 is 17.9 Å². The van der Waals surface area contributed by atoms with Gasteiger partial charge in [-0.1, -0.05) is 37.6 Å². The molecule has 172 valence electrons. The highest BCUT2D eigenvalue weighted by molar-refractivity contribution is 5.91. The van der Waals surface area contributed by atoms with Gasteiger partial charge in [0.15, 0.2) is 0 Å². The molecular weight excluding hydrogens is 394 g/mol. The second-order valence-electron chi connectivity index (χ2n) is 8.54. The number of aryl methyl sites for hydroxylation is 2. The van der Waals surface area contributed by atoms with Crippen LogP contribution in [0.1, 0.15) is 63.3 Å². The molecule has 0 aromatic heterocycles. The van der Waals surface area contributed by atoms with Crippen molar-refractivity contribution in [2.45, 2.75) is 66.0 Å². The quantitative estimate of drug-likeness (QED) is 0.436.